The Morgan fingerprint density at radius 2 is 1.79 bits per heavy atom. The lowest BCUT2D eigenvalue weighted by Gasteiger charge is -2.46. The van der Waals surface area contributed by atoms with Gasteiger partial charge in [0.1, 0.15) is 0 Å². The molecule has 2 aliphatic rings. The van der Waals surface area contributed by atoms with E-state index in [4.69, 9.17) is 0 Å². The first-order valence-electron chi connectivity index (χ1n) is 7.35. The molecule has 0 aliphatic carbocycles. The third kappa shape index (κ3) is 3.86. The second-order valence-electron chi connectivity index (χ2n) is 6.89. The first-order chi connectivity index (χ1) is 8.79. The second kappa shape index (κ2) is 5.62. The number of halogens is 2. The molecule has 112 valence electrons. The van der Waals surface area contributed by atoms with Gasteiger partial charge in [-0.1, -0.05) is 0 Å². The van der Waals surface area contributed by atoms with E-state index >= 15 is 0 Å². The fraction of sp³-hybridized carbons (Fsp3) is 1.00. The summed E-state index contributed by atoms with van der Waals surface area (Å²) in [5.74, 6) is -3.04. The van der Waals surface area contributed by atoms with Gasteiger partial charge in [-0.3, -0.25) is 4.90 Å². The third-order valence-corrected chi connectivity index (χ3v) is 4.38. The molecule has 0 aromatic carbocycles. The number of nitrogens with zero attached hydrogens (tertiary/aromatic N) is 2. The van der Waals surface area contributed by atoms with E-state index in [9.17, 15) is 8.78 Å². The van der Waals surface area contributed by atoms with Gasteiger partial charge in [0.2, 0.25) is 0 Å². The first-order valence-corrected chi connectivity index (χ1v) is 7.35. The standard InChI is InChI=1S/C14H27F2N3/c1-13(2,3)19-7-4-12(14(15,16)11-19)10-18-8-5-17-6-9-18/h12,17H,4-11H2,1-3H3/t12-/m1/s1. The van der Waals surface area contributed by atoms with Gasteiger partial charge < -0.3 is 10.2 Å². The highest BCUT2D eigenvalue weighted by atomic mass is 19.3. The lowest BCUT2D eigenvalue weighted by Crippen LogP contribution is -2.57. The van der Waals surface area contributed by atoms with E-state index < -0.39 is 11.8 Å². The molecule has 3 nitrogen and oxygen atoms in total. The molecule has 2 rings (SSSR count). The Labute approximate surface area is 115 Å². The van der Waals surface area contributed by atoms with Crippen LogP contribution in [0.1, 0.15) is 27.2 Å². The van der Waals surface area contributed by atoms with E-state index in [2.05, 4.69) is 10.2 Å². The molecule has 0 saturated carbocycles. The number of hydrogen-bond donors (Lipinski definition) is 1. The van der Waals surface area contributed by atoms with Gasteiger partial charge in [-0.05, 0) is 33.7 Å². The van der Waals surface area contributed by atoms with Gasteiger partial charge in [0, 0.05) is 44.2 Å². The average molecular weight is 275 g/mol. The highest BCUT2D eigenvalue weighted by molar-refractivity contribution is 4.92. The van der Waals surface area contributed by atoms with Crippen LogP contribution in [0.2, 0.25) is 0 Å². The van der Waals surface area contributed by atoms with Crippen LogP contribution in [-0.4, -0.2) is 67.1 Å². The van der Waals surface area contributed by atoms with E-state index in [1.165, 1.54) is 0 Å². The van der Waals surface area contributed by atoms with Crippen LogP contribution in [0.3, 0.4) is 0 Å². The van der Waals surface area contributed by atoms with Gasteiger partial charge in [-0.2, -0.15) is 0 Å². The van der Waals surface area contributed by atoms with Crippen molar-refractivity contribution in [2.45, 2.75) is 38.7 Å². The molecule has 1 atom stereocenters. The molecule has 2 fully saturated rings. The maximum absolute atomic E-state index is 14.3. The quantitative estimate of drug-likeness (QED) is 0.826. The van der Waals surface area contributed by atoms with E-state index in [1.54, 1.807) is 0 Å². The zero-order chi connectivity index (χ0) is 14.1. The van der Waals surface area contributed by atoms with Crippen LogP contribution in [-0.2, 0) is 0 Å². The Hall–Kier alpha value is -0.260. The molecule has 1 N–H and O–H groups in total. The van der Waals surface area contributed by atoms with Crippen molar-refractivity contribution in [3.05, 3.63) is 0 Å². The van der Waals surface area contributed by atoms with Crippen LogP contribution < -0.4 is 5.32 Å². The molecule has 2 heterocycles. The predicted octanol–water partition coefficient (Wildman–Crippen LogP) is 1.65. The zero-order valence-corrected chi connectivity index (χ0v) is 12.4. The van der Waals surface area contributed by atoms with Crippen molar-refractivity contribution in [3.63, 3.8) is 0 Å². The van der Waals surface area contributed by atoms with Crippen LogP contribution in [0.15, 0.2) is 0 Å². The number of rotatable bonds is 2. The Bertz CT molecular complexity index is 296. The molecule has 2 aliphatic heterocycles. The topological polar surface area (TPSA) is 18.5 Å². The second-order valence-corrected chi connectivity index (χ2v) is 6.89. The summed E-state index contributed by atoms with van der Waals surface area (Å²) in [6.07, 6.45) is 0.605. The monoisotopic (exact) mass is 275 g/mol. The number of nitrogens with one attached hydrogen (secondary N) is 1. The first kappa shape index (κ1) is 15.1. The van der Waals surface area contributed by atoms with Crippen molar-refractivity contribution in [2.75, 3.05) is 45.8 Å². The van der Waals surface area contributed by atoms with Gasteiger partial charge in [0.15, 0.2) is 0 Å². The highest BCUT2D eigenvalue weighted by Gasteiger charge is 2.47. The SMILES string of the molecule is CC(C)(C)N1CC[C@H](CN2CCNCC2)C(F)(F)C1. The Morgan fingerprint density at radius 3 is 2.32 bits per heavy atom. The fourth-order valence-electron chi connectivity index (χ4n) is 2.99. The molecule has 0 radical (unpaired) electrons. The number of piperidine rings is 1. The lowest BCUT2D eigenvalue weighted by molar-refractivity contribution is -0.134. The molecule has 0 aromatic heterocycles. The summed E-state index contributed by atoms with van der Waals surface area (Å²) < 4.78 is 28.6. The Balaban J connectivity index is 1.92. The summed E-state index contributed by atoms with van der Waals surface area (Å²) in [5, 5.41) is 3.26. The van der Waals surface area contributed by atoms with Crippen LogP contribution >= 0.6 is 0 Å². The Morgan fingerprint density at radius 1 is 1.16 bits per heavy atom. The van der Waals surface area contributed by atoms with Crippen LogP contribution in [0.25, 0.3) is 0 Å². The molecule has 0 bridgehead atoms. The van der Waals surface area contributed by atoms with E-state index in [0.29, 0.717) is 13.0 Å². The summed E-state index contributed by atoms with van der Waals surface area (Å²) in [4.78, 5) is 4.10. The minimum Gasteiger partial charge on any atom is -0.314 e. The van der Waals surface area contributed by atoms with Gasteiger partial charge in [0.05, 0.1) is 6.54 Å². The zero-order valence-electron chi connectivity index (χ0n) is 12.4. The van der Waals surface area contributed by atoms with Gasteiger partial charge in [-0.15, -0.1) is 0 Å². The van der Waals surface area contributed by atoms with Crippen molar-refractivity contribution in [2.24, 2.45) is 5.92 Å². The molecule has 5 heteroatoms. The minimum atomic E-state index is -2.56. The van der Waals surface area contributed by atoms with Crippen LogP contribution in [0.4, 0.5) is 8.78 Å². The number of piperazine rings is 1. The number of hydrogen-bond acceptors (Lipinski definition) is 3. The highest BCUT2D eigenvalue weighted by Crippen LogP contribution is 2.36. The molecular formula is C14H27F2N3. The molecule has 0 aromatic rings. The molecule has 19 heavy (non-hydrogen) atoms. The average Bonchev–Trinajstić information content (AvgIpc) is 2.31. The van der Waals surface area contributed by atoms with Crippen molar-refractivity contribution in [3.8, 4) is 0 Å². The number of alkyl halides is 2. The summed E-state index contributed by atoms with van der Waals surface area (Å²) >= 11 is 0. The maximum Gasteiger partial charge on any atom is 0.264 e. The summed E-state index contributed by atoms with van der Waals surface area (Å²) in [5.41, 5.74) is -0.163. The van der Waals surface area contributed by atoms with Crippen molar-refractivity contribution >= 4 is 0 Å². The molecular weight excluding hydrogens is 248 g/mol. The van der Waals surface area contributed by atoms with Crippen molar-refractivity contribution in [1.82, 2.24) is 15.1 Å². The molecule has 0 unspecified atom stereocenters. The van der Waals surface area contributed by atoms with E-state index in [-0.39, 0.29) is 12.1 Å². The normalized spacial score (nSPS) is 30.5. The molecule has 2 saturated heterocycles. The van der Waals surface area contributed by atoms with Gasteiger partial charge in [0.25, 0.3) is 5.92 Å². The predicted molar refractivity (Wildman–Crippen MR) is 73.7 cm³/mol. The van der Waals surface area contributed by atoms with Gasteiger partial charge >= 0.3 is 0 Å². The fourth-order valence-corrected chi connectivity index (χ4v) is 2.99. The Kier molecular flexibility index (Phi) is 4.48. The van der Waals surface area contributed by atoms with Crippen LogP contribution in [0.5, 0.6) is 0 Å². The van der Waals surface area contributed by atoms with E-state index in [1.807, 2.05) is 25.7 Å². The van der Waals surface area contributed by atoms with Crippen LogP contribution in [0, 0.1) is 5.92 Å². The molecule has 0 spiro atoms. The van der Waals surface area contributed by atoms with Crippen molar-refractivity contribution in [1.29, 1.82) is 0 Å². The minimum absolute atomic E-state index is 0.0900. The third-order valence-electron chi connectivity index (χ3n) is 4.38. The summed E-state index contributed by atoms with van der Waals surface area (Å²) in [7, 11) is 0. The maximum atomic E-state index is 14.3. The largest absolute Gasteiger partial charge is 0.314 e. The smallest absolute Gasteiger partial charge is 0.264 e. The summed E-state index contributed by atoms with van der Waals surface area (Å²) in [6.45, 7) is 10.9. The summed E-state index contributed by atoms with van der Waals surface area (Å²) in [6, 6.07) is 0. The molecule has 0 amide bonds. The lowest BCUT2D eigenvalue weighted by atomic mass is 9.89. The number of likely N-dealkylation sites (tertiary alicyclic amines) is 1. The van der Waals surface area contributed by atoms with Gasteiger partial charge in [-0.25, -0.2) is 8.78 Å². The van der Waals surface area contributed by atoms with Crippen molar-refractivity contribution < 1.29 is 8.78 Å². The van der Waals surface area contributed by atoms with E-state index in [0.717, 1.165) is 32.7 Å².